The number of carboxylic acids is 1. The summed E-state index contributed by atoms with van der Waals surface area (Å²) in [6, 6.07) is -9.66. The van der Waals surface area contributed by atoms with Gasteiger partial charge >= 0.3 is 5.97 Å². The van der Waals surface area contributed by atoms with Crippen molar-refractivity contribution in [1.82, 2.24) is 37.2 Å². The minimum absolute atomic E-state index is 0. The van der Waals surface area contributed by atoms with Crippen LogP contribution in [0.25, 0.3) is 0 Å². The zero-order valence-corrected chi connectivity index (χ0v) is 35.1. The molecule has 0 spiro atoms. The molecule has 0 rings (SSSR count). The molecule has 0 unspecified atom stereocenters. The Morgan fingerprint density at radius 1 is 0.683 bits per heavy atom. The summed E-state index contributed by atoms with van der Waals surface area (Å²) in [5.74, 6) is -8.81. The van der Waals surface area contributed by atoms with Gasteiger partial charge in [-0.15, -0.1) is 0 Å². The molecule has 0 aliphatic carbocycles. The van der Waals surface area contributed by atoms with Gasteiger partial charge in [0, 0.05) is 6.54 Å². The van der Waals surface area contributed by atoms with Crippen LogP contribution in [-0.2, 0) is 38.4 Å². The summed E-state index contributed by atoms with van der Waals surface area (Å²) in [6.45, 7) is 11.2. The average molecular weight is 862 g/mol. The van der Waals surface area contributed by atoms with Crippen LogP contribution in [0.3, 0.4) is 0 Å². The van der Waals surface area contributed by atoms with Gasteiger partial charge in [0.05, 0.1) is 25.4 Å². The number of rotatable bonds is 27. The third-order valence-corrected chi connectivity index (χ3v) is 9.12. The molecular weight excluding hydrogens is 790 g/mol. The average Bonchev–Trinajstić information content (AvgIpc) is 3.15. The van der Waals surface area contributed by atoms with Gasteiger partial charge < -0.3 is 74.8 Å². The van der Waals surface area contributed by atoms with Gasteiger partial charge in [-0.2, -0.15) is 0 Å². The molecule has 0 aromatic heterocycles. The van der Waals surface area contributed by atoms with E-state index in [9.17, 15) is 48.6 Å². The maximum absolute atomic E-state index is 13.9. The SMILES string of the molecule is C.CC[C@H](C)[C@H](NC(=O)[C@@H](CCCN=C(N)N)NC(=O)[C@H](CC(C)C)NC(=O)[C@@H](N)[C@H](O)C(C)C)C(=O)N[C@H](C(=O)NCC(=O)N[C@@H](C)C(=O)N[C@@H](CO)C(=O)O)[C@H](C)O. The summed E-state index contributed by atoms with van der Waals surface area (Å²) in [4.78, 5) is 107. The molecule has 7 amide bonds. The van der Waals surface area contributed by atoms with E-state index in [1.165, 1.54) is 13.8 Å². The normalized spacial score (nSPS) is 16.0. The number of guanidine groups is 1. The van der Waals surface area contributed by atoms with Crippen LogP contribution in [0.15, 0.2) is 4.99 Å². The Hall–Kier alpha value is -5.13. The summed E-state index contributed by atoms with van der Waals surface area (Å²) in [7, 11) is 0. The number of carbonyl (C=O) groups is 8. The first kappa shape index (κ1) is 57.0. The summed E-state index contributed by atoms with van der Waals surface area (Å²) in [5, 5.41) is 55.6. The van der Waals surface area contributed by atoms with Crippen molar-refractivity contribution in [3.63, 3.8) is 0 Å². The van der Waals surface area contributed by atoms with Crippen molar-refractivity contribution < 1.29 is 58.8 Å². The summed E-state index contributed by atoms with van der Waals surface area (Å²) >= 11 is 0. The van der Waals surface area contributed by atoms with E-state index in [4.69, 9.17) is 27.4 Å². The van der Waals surface area contributed by atoms with Crippen LogP contribution in [0.5, 0.6) is 0 Å². The van der Waals surface area contributed by atoms with E-state index in [-0.39, 0.29) is 51.0 Å². The molecule has 23 nitrogen and oxygen atoms in total. The van der Waals surface area contributed by atoms with E-state index in [1.54, 1.807) is 27.7 Å². The first-order valence-corrected chi connectivity index (χ1v) is 19.5. The molecule has 0 radical (unpaired) electrons. The van der Waals surface area contributed by atoms with Gasteiger partial charge in [0.1, 0.15) is 42.3 Å². The van der Waals surface area contributed by atoms with Gasteiger partial charge in [-0.1, -0.05) is 55.4 Å². The number of aliphatic hydroxyl groups excluding tert-OH is 3. The molecule has 60 heavy (non-hydrogen) atoms. The maximum atomic E-state index is 13.9. The van der Waals surface area contributed by atoms with E-state index in [0.717, 1.165) is 0 Å². The highest BCUT2D eigenvalue weighted by atomic mass is 16.4. The maximum Gasteiger partial charge on any atom is 0.328 e. The van der Waals surface area contributed by atoms with E-state index in [2.05, 4.69) is 36.9 Å². The number of aliphatic imine (C=N–C) groups is 1. The van der Waals surface area contributed by atoms with Gasteiger partial charge in [0.15, 0.2) is 5.96 Å². The lowest BCUT2D eigenvalue weighted by Gasteiger charge is -2.30. The smallest absolute Gasteiger partial charge is 0.328 e. The van der Waals surface area contributed by atoms with Crippen LogP contribution in [0, 0.1) is 17.8 Å². The lowest BCUT2D eigenvalue weighted by molar-refractivity contribution is -0.143. The molecule has 0 aliphatic rings. The number of nitrogens with two attached hydrogens (primary N) is 3. The van der Waals surface area contributed by atoms with Gasteiger partial charge in [-0.05, 0) is 50.9 Å². The highest BCUT2D eigenvalue weighted by Gasteiger charge is 2.36. The van der Waals surface area contributed by atoms with E-state index >= 15 is 0 Å². The molecule has 17 N–H and O–H groups in total. The van der Waals surface area contributed by atoms with E-state index in [0.29, 0.717) is 6.42 Å². The van der Waals surface area contributed by atoms with Crippen molar-refractivity contribution in [2.45, 2.75) is 143 Å². The number of aliphatic carboxylic acids is 1. The van der Waals surface area contributed by atoms with Crippen LogP contribution < -0.4 is 54.4 Å². The Labute approximate surface area is 351 Å². The molecule has 0 aromatic carbocycles. The standard InChI is InChI=1S/C36H67N11O12.CH4/c1-9-18(6)26(34(57)47-27(20(8)49)33(56)41-14-24(50)42-19(7)29(52)45-23(15-48)35(58)59)46-30(53)21(11-10-12-40-36(38)39)43-31(54)22(13-16(2)3)44-32(55)25(37)28(51)17(4)5;/h16-23,25-28,48-49,51H,9-15,37H2,1-8H3,(H,41,56)(H,42,50)(H,43,54)(H,44,55)(H,45,52)(H,46,53)(H,47,57)(H,58,59)(H4,38,39,40);1H4/t18-,19-,20-,21+,22-,23-,25-,26-,27-,28+;/m0./s1. The topological polar surface area (TPSA) is 392 Å². The predicted octanol–water partition coefficient (Wildman–Crippen LogP) is -4.38. The Morgan fingerprint density at radius 3 is 1.70 bits per heavy atom. The summed E-state index contributed by atoms with van der Waals surface area (Å²) < 4.78 is 0. The van der Waals surface area contributed by atoms with Gasteiger partial charge in [0.2, 0.25) is 41.4 Å². The van der Waals surface area contributed by atoms with Crippen LogP contribution in [-0.4, -0.2) is 148 Å². The molecule has 10 atom stereocenters. The fourth-order valence-corrected chi connectivity index (χ4v) is 5.31. The second kappa shape index (κ2) is 28.4. The Bertz CT molecular complexity index is 1460. The molecule has 0 aromatic rings. The number of nitrogens with one attached hydrogen (secondary N) is 7. The largest absolute Gasteiger partial charge is 0.480 e. The number of amides is 7. The third kappa shape index (κ3) is 20.7. The number of aliphatic hydroxyl groups is 3. The van der Waals surface area contributed by atoms with Gasteiger partial charge in [0.25, 0.3) is 0 Å². The number of carboxylic acid groups (broad SMARTS) is 1. The summed E-state index contributed by atoms with van der Waals surface area (Å²) in [6.07, 6.45) is -2.07. The molecule has 0 fully saturated rings. The van der Waals surface area contributed by atoms with Crippen LogP contribution in [0.4, 0.5) is 0 Å². The van der Waals surface area contributed by atoms with Crippen molar-refractivity contribution in [2.75, 3.05) is 19.7 Å². The minimum Gasteiger partial charge on any atom is -0.480 e. The Kier molecular flexibility index (Phi) is 26.9. The van der Waals surface area contributed by atoms with Crippen molar-refractivity contribution in [3.05, 3.63) is 0 Å². The molecule has 0 aliphatic heterocycles. The number of carbonyl (C=O) groups excluding carboxylic acids is 7. The molecule has 346 valence electrons. The minimum atomic E-state index is -1.64. The fraction of sp³-hybridized carbons (Fsp3) is 0.757. The lowest BCUT2D eigenvalue weighted by atomic mass is 9.96. The first-order chi connectivity index (χ1) is 27.4. The number of hydrogen-bond donors (Lipinski definition) is 14. The van der Waals surface area contributed by atoms with Gasteiger partial charge in [-0.25, -0.2) is 4.79 Å². The molecular formula is C37H71N11O12. The second-order valence-corrected chi connectivity index (χ2v) is 15.1. The zero-order valence-electron chi connectivity index (χ0n) is 35.1. The Morgan fingerprint density at radius 2 is 1.22 bits per heavy atom. The molecule has 0 saturated heterocycles. The van der Waals surface area contributed by atoms with Gasteiger partial charge in [-0.3, -0.25) is 38.6 Å². The molecule has 0 heterocycles. The van der Waals surface area contributed by atoms with Crippen LogP contribution >= 0.6 is 0 Å². The van der Waals surface area contributed by atoms with E-state index in [1.807, 2.05) is 19.2 Å². The Balaban J connectivity index is 0. The predicted molar refractivity (Wildman–Crippen MR) is 221 cm³/mol. The molecule has 0 bridgehead atoms. The second-order valence-electron chi connectivity index (χ2n) is 15.1. The lowest BCUT2D eigenvalue weighted by Crippen LogP contribution is -2.61. The van der Waals surface area contributed by atoms with Crippen molar-refractivity contribution in [1.29, 1.82) is 0 Å². The molecule has 0 saturated carbocycles. The van der Waals surface area contributed by atoms with Crippen molar-refractivity contribution in [2.24, 2.45) is 39.9 Å². The van der Waals surface area contributed by atoms with Crippen LogP contribution in [0.2, 0.25) is 0 Å². The van der Waals surface area contributed by atoms with Crippen molar-refractivity contribution in [3.8, 4) is 0 Å². The highest BCUT2D eigenvalue weighted by molar-refractivity contribution is 5.97. The third-order valence-electron chi connectivity index (χ3n) is 9.12. The molecule has 23 heteroatoms. The number of hydrogen-bond acceptors (Lipinski definition) is 13. The quantitative estimate of drug-likeness (QED) is 0.0211. The first-order valence-electron chi connectivity index (χ1n) is 19.5. The fourth-order valence-electron chi connectivity index (χ4n) is 5.31. The van der Waals surface area contributed by atoms with Crippen molar-refractivity contribution >= 4 is 53.3 Å². The highest BCUT2D eigenvalue weighted by Crippen LogP contribution is 2.13. The van der Waals surface area contributed by atoms with Crippen LogP contribution in [0.1, 0.15) is 88.5 Å². The summed E-state index contributed by atoms with van der Waals surface area (Å²) in [5.41, 5.74) is 16.8. The monoisotopic (exact) mass is 862 g/mol. The van der Waals surface area contributed by atoms with E-state index < -0.39 is 121 Å². The zero-order chi connectivity index (χ0) is 45.7. The number of nitrogens with zero attached hydrogens (tertiary/aromatic N) is 1.